The van der Waals surface area contributed by atoms with Crippen LogP contribution in [0, 0.1) is 0 Å². The van der Waals surface area contributed by atoms with Crippen molar-refractivity contribution < 1.29 is 24.2 Å². The Morgan fingerprint density at radius 2 is 2.08 bits per heavy atom. The number of fused-ring (bicyclic) bond motifs is 1. The molecular weight excluding hydrogens is 344 g/mol. The molecule has 0 spiro atoms. The van der Waals surface area contributed by atoms with E-state index >= 15 is 0 Å². The third-order valence-electron chi connectivity index (χ3n) is 3.80. The molecule has 2 aliphatic heterocycles. The number of aliphatic hydroxyl groups is 1. The third-order valence-corrected chi connectivity index (χ3v) is 4.83. The number of nitrogens with one attached hydrogen (secondary N) is 1. The van der Waals surface area contributed by atoms with E-state index in [1.807, 2.05) is 0 Å². The second-order valence-corrected chi connectivity index (χ2v) is 6.31. The van der Waals surface area contributed by atoms with Crippen LogP contribution in [0.15, 0.2) is 46.0 Å². The monoisotopic (exact) mass is 360 g/mol. The van der Waals surface area contributed by atoms with Gasteiger partial charge in [-0.2, -0.15) is 0 Å². The molecular formula is C17H16N2O5S. The van der Waals surface area contributed by atoms with Gasteiger partial charge in [0, 0.05) is 6.54 Å². The summed E-state index contributed by atoms with van der Waals surface area (Å²) in [5.74, 6) is -0.538. The number of methoxy groups -OCH3 is 2. The number of aliphatic hydroxyl groups excluding tert-OH is 1. The number of benzene rings is 1. The van der Waals surface area contributed by atoms with E-state index < -0.39 is 17.1 Å². The van der Waals surface area contributed by atoms with E-state index in [0.29, 0.717) is 17.2 Å². The summed E-state index contributed by atoms with van der Waals surface area (Å²) in [4.78, 5) is 28.2. The van der Waals surface area contributed by atoms with Gasteiger partial charge in [0.05, 0.1) is 19.9 Å². The summed E-state index contributed by atoms with van der Waals surface area (Å²) >= 11 is 1.30. The lowest BCUT2D eigenvalue weighted by atomic mass is 10.0. The predicted octanol–water partition coefficient (Wildman–Crippen LogP) is 1.74. The Hall–Kier alpha value is -2.74. The summed E-state index contributed by atoms with van der Waals surface area (Å²) in [7, 11) is 3.06. The molecule has 1 aromatic carbocycles. The number of dihydropyridines is 1. The zero-order valence-corrected chi connectivity index (χ0v) is 14.4. The van der Waals surface area contributed by atoms with Crippen LogP contribution in [0.3, 0.4) is 0 Å². The molecule has 1 atom stereocenters. The van der Waals surface area contributed by atoms with E-state index in [4.69, 9.17) is 9.47 Å². The van der Waals surface area contributed by atoms with Gasteiger partial charge < -0.3 is 19.9 Å². The number of nitrogens with zero attached hydrogens (tertiary/aromatic N) is 1. The number of ether oxygens (including phenoxy) is 2. The largest absolute Gasteiger partial charge is 0.510 e. The van der Waals surface area contributed by atoms with E-state index in [1.54, 1.807) is 29.7 Å². The van der Waals surface area contributed by atoms with Crippen molar-refractivity contribution in [2.45, 2.75) is 11.8 Å². The minimum Gasteiger partial charge on any atom is -0.510 e. The predicted molar refractivity (Wildman–Crippen MR) is 94.0 cm³/mol. The molecule has 0 aromatic heterocycles. The first-order valence-electron chi connectivity index (χ1n) is 7.42. The molecule has 25 heavy (non-hydrogen) atoms. The summed E-state index contributed by atoms with van der Waals surface area (Å²) < 4.78 is 10.4. The van der Waals surface area contributed by atoms with Crippen LogP contribution < -0.4 is 14.8 Å². The highest BCUT2D eigenvalue weighted by Crippen LogP contribution is 2.32. The van der Waals surface area contributed by atoms with Crippen LogP contribution in [-0.4, -0.2) is 42.1 Å². The summed E-state index contributed by atoms with van der Waals surface area (Å²) in [5, 5.41) is 14.1. The highest BCUT2D eigenvalue weighted by Gasteiger charge is 2.36. The molecule has 130 valence electrons. The maximum absolute atomic E-state index is 12.4. The molecule has 0 fully saturated rings. The van der Waals surface area contributed by atoms with Gasteiger partial charge in [-0.15, -0.1) is 11.8 Å². The fourth-order valence-corrected chi connectivity index (χ4v) is 3.43. The van der Waals surface area contributed by atoms with Crippen LogP contribution in [0.5, 0.6) is 11.5 Å². The van der Waals surface area contributed by atoms with E-state index in [0.717, 1.165) is 5.56 Å². The number of rotatable bonds is 5. The van der Waals surface area contributed by atoms with Crippen LogP contribution in [0.1, 0.15) is 5.56 Å². The van der Waals surface area contributed by atoms with Crippen LogP contribution in [-0.2, 0) is 16.1 Å². The van der Waals surface area contributed by atoms with Crippen LogP contribution >= 0.6 is 11.8 Å². The molecule has 8 heteroatoms. The number of amides is 2. The van der Waals surface area contributed by atoms with Crippen molar-refractivity contribution in [2.75, 3.05) is 14.2 Å². The van der Waals surface area contributed by atoms with Crippen molar-refractivity contribution in [3.63, 3.8) is 0 Å². The molecule has 1 aromatic rings. The number of carbonyl (C=O) groups excluding carboxylic acids is 2. The van der Waals surface area contributed by atoms with Crippen molar-refractivity contribution in [3.8, 4) is 11.5 Å². The highest BCUT2D eigenvalue weighted by atomic mass is 32.2. The molecule has 2 N–H and O–H groups in total. The van der Waals surface area contributed by atoms with Gasteiger partial charge in [-0.3, -0.25) is 9.59 Å². The van der Waals surface area contributed by atoms with E-state index in [2.05, 4.69) is 10.3 Å². The SMILES string of the molecule is COc1ccc(CNC(=O)C2=C(O)C3SC=CC3=NC2=O)cc1OC. The van der Waals surface area contributed by atoms with Gasteiger partial charge in [0.25, 0.3) is 11.8 Å². The number of hydrogen-bond donors (Lipinski definition) is 2. The lowest BCUT2D eigenvalue weighted by Gasteiger charge is -2.18. The molecule has 7 nitrogen and oxygen atoms in total. The lowest BCUT2D eigenvalue weighted by Crippen LogP contribution is -2.34. The normalized spacial score (nSPS) is 18.7. The number of aliphatic imine (C=N–C) groups is 1. The second kappa shape index (κ2) is 7.02. The Bertz CT molecular complexity index is 828. The minimum absolute atomic E-state index is 0.163. The van der Waals surface area contributed by atoms with Crippen molar-refractivity contribution in [1.29, 1.82) is 0 Å². The Morgan fingerprint density at radius 1 is 1.32 bits per heavy atom. The minimum atomic E-state index is -0.735. The van der Waals surface area contributed by atoms with Gasteiger partial charge >= 0.3 is 0 Å². The molecule has 0 radical (unpaired) electrons. The Morgan fingerprint density at radius 3 is 2.80 bits per heavy atom. The van der Waals surface area contributed by atoms with Gasteiger partial charge in [-0.05, 0) is 29.2 Å². The smallest absolute Gasteiger partial charge is 0.286 e. The number of carbonyl (C=O) groups is 2. The maximum Gasteiger partial charge on any atom is 0.286 e. The lowest BCUT2D eigenvalue weighted by molar-refractivity contribution is -0.122. The summed E-state index contributed by atoms with van der Waals surface area (Å²) in [6, 6.07) is 5.22. The highest BCUT2D eigenvalue weighted by molar-refractivity contribution is 8.04. The van der Waals surface area contributed by atoms with Crippen molar-refractivity contribution in [1.82, 2.24) is 5.32 Å². The Balaban J connectivity index is 1.73. The third kappa shape index (κ3) is 3.25. The average Bonchev–Trinajstić information content (AvgIpc) is 3.08. The molecule has 3 rings (SSSR count). The van der Waals surface area contributed by atoms with E-state index in [9.17, 15) is 14.7 Å². The standard InChI is InChI=1S/C17H16N2O5S/c1-23-11-4-3-9(7-12(11)24-2)8-18-16(21)13-14(20)15-10(5-6-25-15)19-17(13)22/h3-7,15,20H,8H2,1-2H3,(H,18,21). The van der Waals surface area contributed by atoms with Gasteiger partial charge in [-0.25, -0.2) is 4.99 Å². The number of hydrogen-bond acceptors (Lipinski definition) is 6. The van der Waals surface area contributed by atoms with Crippen molar-refractivity contribution >= 4 is 29.3 Å². The Labute approximate surface area is 148 Å². The first-order chi connectivity index (χ1) is 12.0. The van der Waals surface area contributed by atoms with Gasteiger partial charge in [0.1, 0.15) is 16.6 Å². The van der Waals surface area contributed by atoms with Crippen LogP contribution in [0.2, 0.25) is 0 Å². The van der Waals surface area contributed by atoms with Crippen molar-refractivity contribution in [3.05, 3.63) is 46.6 Å². The van der Waals surface area contributed by atoms with E-state index in [1.165, 1.54) is 26.0 Å². The number of allylic oxidation sites excluding steroid dienone is 1. The fourth-order valence-electron chi connectivity index (χ4n) is 2.53. The molecule has 2 aliphatic rings. The molecule has 0 bridgehead atoms. The van der Waals surface area contributed by atoms with Crippen LogP contribution in [0.25, 0.3) is 0 Å². The first-order valence-corrected chi connectivity index (χ1v) is 8.36. The van der Waals surface area contributed by atoms with E-state index in [-0.39, 0.29) is 17.9 Å². The zero-order valence-electron chi connectivity index (χ0n) is 13.6. The number of thioether (sulfide) groups is 1. The van der Waals surface area contributed by atoms with Gasteiger partial charge in [0.2, 0.25) is 0 Å². The van der Waals surface area contributed by atoms with Crippen LogP contribution in [0.4, 0.5) is 0 Å². The maximum atomic E-state index is 12.4. The van der Waals surface area contributed by atoms with Gasteiger partial charge in [0.15, 0.2) is 11.5 Å². The molecule has 0 saturated carbocycles. The topological polar surface area (TPSA) is 97.2 Å². The molecule has 2 amide bonds. The molecule has 2 heterocycles. The first kappa shape index (κ1) is 17.1. The average molecular weight is 360 g/mol. The zero-order chi connectivity index (χ0) is 18.0. The quantitative estimate of drug-likeness (QED) is 0.777. The molecule has 0 saturated heterocycles. The molecule has 0 aliphatic carbocycles. The summed E-state index contributed by atoms with van der Waals surface area (Å²) in [5.41, 5.74) is 0.907. The Kier molecular flexibility index (Phi) is 4.80. The van der Waals surface area contributed by atoms with Crippen molar-refractivity contribution in [2.24, 2.45) is 4.99 Å². The summed E-state index contributed by atoms with van der Waals surface area (Å²) in [6.45, 7) is 0.163. The van der Waals surface area contributed by atoms with Gasteiger partial charge in [-0.1, -0.05) is 6.07 Å². The summed E-state index contributed by atoms with van der Waals surface area (Å²) in [6.07, 6.45) is 1.65. The second-order valence-electron chi connectivity index (χ2n) is 5.29. The fraction of sp³-hybridized carbons (Fsp3) is 0.235. The molecule has 1 unspecified atom stereocenters.